The highest BCUT2D eigenvalue weighted by Gasteiger charge is 2.15. The van der Waals surface area contributed by atoms with Gasteiger partial charge in [-0.25, -0.2) is 0 Å². The van der Waals surface area contributed by atoms with Gasteiger partial charge in [-0.15, -0.1) is 0 Å². The molecule has 0 rings (SSSR count). The molecule has 0 heterocycles. The number of rotatable bonds is 3. The maximum Gasteiger partial charge on any atom is 0.156 e. The third-order valence-corrected chi connectivity index (χ3v) is 1.74. The van der Waals surface area contributed by atoms with E-state index in [0.717, 1.165) is 0 Å². The van der Waals surface area contributed by atoms with E-state index in [4.69, 9.17) is 9.84 Å². The molecule has 0 aliphatic heterocycles. The van der Waals surface area contributed by atoms with Crippen LogP contribution in [-0.2, 0) is 4.74 Å². The Morgan fingerprint density at radius 2 is 1.67 bits per heavy atom. The zero-order chi connectivity index (χ0) is 7.44. The average molecular weight is 132 g/mol. The third kappa shape index (κ3) is 2.82. The van der Waals surface area contributed by atoms with Gasteiger partial charge < -0.3 is 9.84 Å². The van der Waals surface area contributed by atoms with Gasteiger partial charge in [0.25, 0.3) is 0 Å². The summed E-state index contributed by atoms with van der Waals surface area (Å²) in [6.45, 7) is 6.10. The molecule has 0 bridgehead atoms. The van der Waals surface area contributed by atoms with Crippen molar-refractivity contribution >= 4 is 0 Å². The van der Waals surface area contributed by atoms with Crippen LogP contribution in [0.3, 0.4) is 0 Å². The fourth-order valence-corrected chi connectivity index (χ4v) is 0.544. The van der Waals surface area contributed by atoms with E-state index in [1.54, 1.807) is 0 Å². The molecule has 2 heteroatoms. The highest BCUT2D eigenvalue weighted by atomic mass is 16.6. The van der Waals surface area contributed by atoms with Crippen LogP contribution in [0.1, 0.15) is 20.8 Å². The maximum atomic E-state index is 9.07. The van der Waals surface area contributed by atoms with Gasteiger partial charge in [-0.3, -0.25) is 0 Å². The Morgan fingerprint density at radius 1 is 1.22 bits per heavy atom. The SMILES string of the molecule is COC(O)C(C)C(C)C. The standard InChI is InChI=1S/C7H16O2/c1-5(2)6(3)7(8)9-4/h5-8H,1-4H3. The lowest BCUT2D eigenvalue weighted by Crippen LogP contribution is -2.23. The van der Waals surface area contributed by atoms with Crippen LogP contribution in [0.25, 0.3) is 0 Å². The number of ether oxygens (including phenoxy) is 1. The molecule has 2 atom stereocenters. The van der Waals surface area contributed by atoms with E-state index in [1.807, 2.05) is 6.92 Å². The van der Waals surface area contributed by atoms with Crippen molar-refractivity contribution in [1.29, 1.82) is 0 Å². The second-order valence-corrected chi connectivity index (χ2v) is 2.73. The molecule has 0 aromatic rings. The first-order valence-electron chi connectivity index (χ1n) is 3.30. The Hall–Kier alpha value is -0.0800. The Morgan fingerprint density at radius 3 is 1.78 bits per heavy atom. The predicted molar refractivity (Wildman–Crippen MR) is 37.0 cm³/mol. The lowest BCUT2D eigenvalue weighted by molar-refractivity contribution is -0.118. The van der Waals surface area contributed by atoms with E-state index >= 15 is 0 Å². The van der Waals surface area contributed by atoms with Gasteiger partial charge in [-0.2, -0.15) is 0 Å². The van der Waals surface area contributed by atoms with Crippen LogP contribution in [0, 0.1) is 11.8 Å². The van der Waals surface area contributed by atoms with E-state index < -0.39 is 6.29 Å². The highest BCUT2D eigenvalue weighted by Crippen LogP contribution is 2.13. The van der Waals surface area contributed by atoms with Gasteiger partial charge in [0.15, 0.2) is 6.29 Å². The minimum atomic E-state index is -0.606. The molecule has 0 saturated carbocycles. The van der Waals surface area contributed by atoms with Gasteiger partial charge in [-0.05, 0) is 5.92 Å². The number of aliphatic hydroxyl groups excluding tert-OH is 1. The third-order valence-electron chi connectivity index (χ3n) is 1.74. The van der Waals surface area contributed by atoms with E-state index in [-0.39, 0.29) is 5.92 Å². The molecule has 56 valence electrons. The van der Waals surface area contributed by atoms with Gasteiger partial charge >= 0.3 is 0 Å². The highest BCUT2D eigenvalue weighted by molar-refractivity contribution is 4.58. The Kier molecular flexibility index (Phi) is 3.82. The van der Waals surface area contributed by atoms with Crippen molar-refractivity contribution in [3.8, 4) is 0 Å². The van der Waals surface area contributed by atoms with Gasteiger partial charge in [0, 0.05) is 13.0 Å². The second-order valence-electron chi connectivity index (χ2n) is 2.73. The summed E-state index contributed by atoms with van der Waals surface area (Å²) < 4.78 is 4.73. The van der Waals surface area contributed by atoms with Crippen molar-refractivity contribution in [2.45, 2.75) is 27.1 Å². The molecular formula is C7H16O2. The molecule has 1 N–H and O–H groups in total. The van der Waals surface area contributed by atoms with Gasteiger partial charge in [0.05, 0.1) is 0 Å². The summed E-state index contributed by atoms with van der Waals surface area (Å²) in [6.07, 6.45) is -0.606. The average Bonchev–Trinajstić information content (AvgIpc) is 1.84. The normalized spacial score (nSPS) is 18.0. The monoisotopic (exact) mass is 132 g/mol. The Labute approximate surface area is 56.8 Å². The minimum Gasteiger partial charge on any atom is -0.368 e. The summed E-state index contributed by atoms with van der Waals surface area (Å²) in [4.78, 5) is 0. The number of hydrogen-bond donors (Lipinski definition) is 1. The first kappa shape index (κ1) is 8.92. The van der Waals surface area contributed by atoms with E-state index in [0.29, 0.717) is 5.92 Å². The molecule has 2 nitrogen and oxygen atoms in total. The molecular weight excluding hydrogens is 116 g/mol. The predicted octanol–water partition coefficient (Wildman–Crippen LogP) is 1.24. The molecule has 0 aromatic heterocycles. The zero-order valence-corrected chi connectivity index (χ0v) is 6.59. The van der Waals surface area contributed by atoms with Gasteiger partial charge in [-0.1, -0.05) is 20.8 Å². The quantitative estimate of drug-likeness (QED) is 0.585. The lowest BCUT2D eigenvalue weighted by Gasteiger charge is -2.20. The summed E-state index contributed by atoms with van der Waals surface area (Å²) in [7, 11) is 1.52. The largest absolute Gasteiger partial charge is 0.368 e. The van der Waals surface area contributed by atoms with Crippen LogP contribution in [0.5, 0.6) is 0 Å². The molecule has 0 fully saturated rings. The molecule has 9 heavy (non-hydrogen) atoms. The topological polar surface area (TPSA) is 29.5 Å². The van der Waals surface area contributed by atoms with Crippen LogP contribution in [0.2, 0.25) is 0 Å². The molecule has 0 aliphatic carbocycles. The van der Waals surface area contributed by atoms with E-state index in [2.05, 4.69) is 13.8 Å². The van der Waals surface area contributed by atoms with Gasteiger partial charge in [0.2, 0.25) is 0 Å². The van der Waals surface area contributed by atoms with E-state index in [9.17, 15) is 0 Å². The van der Waals surface area contributed by atoms with Crippen molar-refractivity contribution in [3.63, 3.8) is 0 Å². The Bertz CT molecular complexity index is 71.3. The molecule has 0 aromatic carbocycles. The molecule has 0 aliphatic rings. The smallest absolute Gasteiger partial charge is 0.156 e. The van der Waals surface area contributed by atoms with Crippen LogP contribution < -0.4 is 0 Å². The first-order chi connectivity index (χ1) is 4.09. The fourth-order valence-electron chi connectivity index (χ4n) is 0.544. The van der Waals surface area contributed by atoms with Crippen LogP contribution in [-0.4, -0.2) is 18.5 Å². The summed E-state index contributed by atoms with van der Waals surface area (Å²) in [5.74, 6) is 0.690. The van der Waals surface area contributed by atoms with Crippen LogP contribution >= 0.6 is 0 Å². The van der Waals surface area contributed by atoms with Crippen LogP contribution in [0.15, 0.2) is 0 Å². The molecule has 0 saturated heterocycles. The van der Waals surface area contributed by atoms with Crippen molar-refractivity contribution in [2.75, 3.05) is 7.11 Å². The summed E-state index contributed by atoms with van der Waals surface area (Å²) in [5.41, 5.74) is 0. The van der Waals surface area contributed by atoms with Crippen molar-refractivity contribution in [2.24, 2.45) is 11.8 Å². The minimum absolute atomic E-state index is 0.218. The summed E-state index contributed by atoms with van der Waals surface area (Å²) in [5, 5.41) is 9.07. The lowest BCUT2D eigenvalue weighted by atomic mass is 9.98. The number of aliphatic hydroxyl groups is 1. The fraction of sp³-hybridized carbons (Fsp3) is 1.00. The maximum absolute atomic E-state index is 9.07. The Balaban J connectivity index is 3.58. The van der Waals surface area contributed by atoms with Crippen molar-refractivity contribution in [1.82, 2.24) is 0 Å². The summed E-state index contributed by atoms with van der Waals surface area (Å²) >= 11 is 0. The van der Waals surface area contributed by atoms with Crippen molar-refractivity contribution < 1.29 is 9.84 Å². The molecule has 0 radical (unpaired) electrons. The molecule has 0 spiro atoms. The first-order valence-corrected chi connectivity index (χ1v) is 3.30. The number of hydrogen-bond acceptors (Lipinski definition) is 2. The summed E-state index contributed by atoms with van der Waals surface area (Å²) in [6, 6.07) is 0. The van der Waals surface area contributed by atoms with Crippen molar-refractivity contribution in [3.05, 3.63) is 0 Å². The zero-order valence-electron chi connectivity index (χ0n) is 6.59. The van der Waals surface area contributed by atoms with Crippen LogP contribution in [0.4, 0.5) is 0 Å². The van der Waals surface area contributed by atoms with Gasteiger partial charge in [0.1, 0.15) is 0 Å². The molecule has 0 amide bonds. The molecule has 2 unspecified atom stereocenters. The number of methoxy groups -OCH3 is 1. The second kappa shape index (κ2) is 3.85. The van der Waals surface area contributed by atoms with E-state index in [1.165, 1.54) is 7.11 Å².